The maximum absolute atomic E-state index is 8.83. The van der Waals surface area contributed by atoms with Gasteiger partial charge in [0.05, 0.1) is 6.61 Å². The molecule has 2 aromatic heterocycles. The average molecular weight is 202 g/mol. The molecule has 0 saturated carbocycles. The number of hydrogen-bond acceptors (Lipinski definition) is 4. The molecule has 0 bridgehead atoms. The van der Waals surface area contributed by atoms with Gasteiger partial charge in [0, 0.05) is 11.8 Å². The van der Waals surface area contributed by atoms with Crippen LogP contribution in [0.4, 0.5) is 0 Å². The van der Waals surface area contributed by atoms with Gasteiger partial charge in [-0.25, -0.2) is 9.97 Å². The summed E-state index contributed by atoms with van der Waals surface area (Å²) in [5.41, 5.74) is 1.67. The van der Waals surface area contributed by atoms with Crippen molar-refractivity contribution in [3.63, 3.8) is 0 Å². The first-order valence-corrected chi connectivity index (χ1v) is 4.64. The van der Waals surface area contributed by atoms with Crippen LogP contribution in [0.3, 0.4) is 0 Å². The molecule has 0 aliphatic carbocycles. The van der Waals surface area contributed by atoms with Crippen molar-refractivity contribution in [2.24, 2.45) is 0 Å². The fourth-order valence-corrected chi connectivity index (χ4v) is 1.40. The van der Waals surface area contributed by atoms with Gasteiger partial charge in [-0.15, -0.1) is 0 Å². The smallest absolute Gasteiger partial charge is 0.202 e. The maximum atomic E-state index is 8.83. The van der Waals surface area contributed by atoms with Gasteiger partial charge in [-0.05, 0) is 13.8 Å². The highest BCUT2D eigenvalue weighted by atomic mass is 16.5. The minimum Gasteiger partial charge on any atom is -0.479 e. The highest BCUT2D eigenvalue weighted by molar-refractivity contribution is 5.53. The second-order valence-corrected chi connectivity index (χ2v) is 3.07. The zero-order chi connectivity index (χ0) is 10.8. The predicted octanol–water partition coefficient (Wildman–Crippen LogP) is 1.31. The minimum atomic E-state index is 0.319. The number of imidazole rings is 1. The summed E-state index contributed by atoms with van der Waals surface area (Å²) in [6, 6.07) is 3.82. The van der Waals surface area contributed by atoms with E-state index < -0.39 is 0 Å². The zero-order valence-electron chi connectivity index (χ0n) is 8.56. The van der Waals surface area contributed by atoms with E-state index in [9.17, 15) is 0 Å². The van der Waals surface area contributed by atoms with Gasteiger partial charge in [0.1, 0.15) is 12.4 Å². The second-order valence-electron chi connectivity index (χ2n) is 3.07. The van der Waals surface area contributed by atoms with E-state index in [0.717, 1.165) is 5.69 Å². The minimum absolute atomic E-state index is 0.319. The van der Waals surface area contributed by atoms with Gasteiger partial charge in [-0.2, -0.15) is 5.26 Å². The Morgan fingerprint density at radius 2 is 2.40 bits per heavy atom. The standard InChI is InChI=1S/C10H10N4O/c1-3-15-9-4-7(2)13-10-8(5-11)12-6-14(9)10/h4,6H,3H2,1-2H3. The molecule has 76 valence electrons. The lowest BCUT2D eigenvalue weighted by Gasteiger charge is -2.06. The van der Waals surface area contributed by atoms with Crippen molar-refractivity contribution in [1.29, 1.82) is 5.26 Å². The van der Waals surface area contributed by atoms with Crippen LogP contribution in [0.1, 0.15) is 18.3 Å². The normalized spacial score (nSPS) is 10.2. The number of aromatic nitrogens is 3. The number of hydrogen-bond donors (Lipinski definition) is 0. The van der Waals surface area contributed by atoms with E-state index in [4.69, 9.17) is 10.00 Å². The summed E-state index contributed by atoms with van der Waals surface area (Å²) in [6.45, 7) is 4.33. The average Bonchev–Trinajstić information content (AvgIpc) is 2.61. The summed E-state index contributed by atoms with van der Waals surface area (Å²) in [4.78, 5) is 8.20. The first kappa shape index (κ1) is 9.46. The van der Waals surface area contributed by atoms with Crippen LogP contribution in [0.25, 0.3) is 5.65 Å². The Kier molecular flexibility index (Phi) is 2.26. The van der Waals surface area contributed by atoms with E-state index >= 15 is 0 Å². The Morgan fingerprint density at radius 1 is 1.60 bits per heavy atom. The monoisotopic (exact) mass is 202 g/mol. The van der Waals surface area contributed by atoms with E-state index in [1.165, 1.54) is 0 Å². The summed E-state index contributed by atoms with van der Waals surface area (Å²) in [6.07, 6.45) is 1.55. The van der Waals surface area contributed by atoms with Gasteiger partial charge in [0.25, 0.3) is 0 Å². The third-order valence-electron chi connectivity index (χ3n) is 1.99. The first-order chi connectivity index (χ1) is 7.26. The quantitative estimate of drug-likeness (QED) is 0.736. The molecule has 0 spiro atoms. The van der Waals surface area contributed by atoms with Gasteiger partial charge < -0.3 is 4.74 Å². The predicted molar refractivity (Wildman–Crippen MR) is 53.6 cm³/mol. The number of aryl methyl sites for hydroxylation is 1. The number of fused-ring (bicyclic) bond motifs is 1. The topological polar surface area (TPSA) is 63.2 Å². The molecule has 15 heavy (non-hydrogen) atoms. The summed E-state index contributed by atoms with van der Waals surface area (Å²) < 4.78 is 7.11. The molecule has 5 nitrogen and oxygen atoms in total. The lowest BCUT2D eigenvalue weighted by molar-refractivity contribution is 0.321. The first-order valence-electron chi connectivity index (χ1n) is 4.64. The van der Waals surface area contributed by atoms with Crippen molar-refractivity contribution < 1.29 is 4.74 Å². The molecule has 0 aliphatic rings. The molecule has 2 heterocycles. The lowest BCUT2D eigenvalue weighted by Crippen LogP contribution is -2.00. The van der Waals surface area contributed by atoms with Crippen molar-refractivity contribution in [2.45, 2.75) is 13.8 Å². The van der Waals surface area contributed by atoms with Crippen LogP contribution in [0.5, 0.6) is 5.88 Å². The van der Waals surface area contributed by atoms with Gasteiger partial charge >= 0.3 is 0 Å². The molecule has 2 rings (SSSR count). The molecule has 0 radical (unpaired) electrons. The van der Waals surface area contributed by atoms with Crippen LogP contribution < -0.4 is 4.74 Å². The fourth-order valence-electron chi connectivity index (χ4n) is 1.40. The largest absolute Gasteiger partial charge is 0.479 e. The van der Waals surface area contributed by atoms with Crippen LogP contribution in [0, 0.1) is 18.3 Å². The number of ether oxygens (including phenoxy) is 1. The molecule has 0 saturated heterocycles. The number of nitrogens with zero attached hydrogens (tertiary/aromatic N) is 4. The summed E-state index contributed by atoms with van der Waals surface area (Å²) in [5.74, 6) is 0.661. The highest BCUT2D eigenvalue weighted by Gasteiger charge is 2.09. The lowest BCUT2D eigenvalue weighted by atomic mass is 10.4. The van der Waals surface area contributed by atoms with E-state index in [1.807, 2.05) is 26.0 Å². The fraction of sp³-hybridized carbons (Fsp3) is 0.300. The molecule has 2 aromatic rings. The van der Waals surface area contributed by atoms with Crippen LogP contribution in [0.15, 0.2) is 12.4 Å². The molecule has 0 unspecified atom stereocenters. The molecule has 5 heteroatoms. The Labute approximate surface area is 87.0 Å². The molecule has 0 aromatic carbocycles. The highest BCUT2D eigenvalue weighted by Crippen LogP contribution is 2.17. The molecule has 0 atom stereocenters. The molecule has 0 N–H and O–H groups in total. The van der Waals surface area contributed by atoms with Crippen molar-refractivity contribution in [1.82, 2.24) is 14.4 Å². The Morgan fingerprint density at radius 3 is 3.07 bits per heavy atom. The van der Waals surface area contributed by atoms with E-state index in [0.29, 0.717) is 23.8 Å². The van der Waals surface area contributed by atoms with Crippen LogP contribution in [-0.2, 0) is 0 Å². The third-order valence-corrected chi connectivity index (χ3v) is 1.99. The van der Waals surface area contributed by atoms with Crippen LogP contribution in [-0.4, -0.2) is 21.0 Å². The van der Waals surface area contributed by atoms with Crippen molar-refractivity contribution in [3.05, 3.63) is 23.8 Å². The van der Waals surface area contributed by atoms with Crippen molar-refractivity contribution in [2.75, 3.05) is 6.61 Å². The van der Waals surface area contributed by atoms with Gasteiger partial charge in [0.15, 0.2) is 11.3 Å². The van der Waals surface area contributed by atoms with E-state index in [1.54, 1.807) is 10.7 Å². The molecule has 0 amide bonds. The van der Waals surface area contributed by atoms with Crippen molar-refractivity contribution in [3.8, 4) is 11.9 Å². The SMILES string of the molecule is CCOc1cc(C)nc2c(C#N)ncn12. The molecule has 0 fully saturated rings. The van der Waals surface area contributed by atoms with Crippen molar-refractivity contribution >= 4 is 5.65 Å². The van der Waals surface area contributed by atoms with E-state index in [-0.39, 0.29) is 0 Å². The molecular formula is C10H10N4O. The number of nitriles is 1. The zero-order valence-corrected chi connectivity index (χ0v) is 8.56. The van der Waals surface area contributed by atoms with Gasteiger partial charge in [-0.3, -0.25) is 4.40 Å². The molecule has 0 aliphatic heterocycles. The summed E-state index contributed by atoms with van der Waals surface area (Å²) >= 11 is 0. The Balaban J connectivity index is 2.72. The van der Waals surface area contributed by atoms with Gasteiger partial charge in [0.2, 0.25) is 5.88 Å². The van der Waals surface area contributed by atoms with Crippen LogP contribution >= 0.6 is 0 Å². The van der Waals surface area contributed by atoms with Gasteiger partial charge in [-0.1, -0.05) is 0 Å². The Hall–Kier alpha value is -2.09. The third kappa shape index (κ3) is 1.50. The summed E-state index contributed by atoms with van der Waals surface area (Å²) in [7, 11) is 0. The molecular weight excluding hydrogens is 192 g/mol. The summed E-state index contributed by atoms with van der Waals surface area (Å²) in [5, 5.41) is 8.83. The number of rotatable bonds is 2. The van der Waals surface area contributed by atoms with E-state index in [2.05, 4.69) is 9.97 Å². The second kappa shape index (κ2) is 3.58. The Bertz CT molecular complexity index is 538. The maximum Gasteiger partial charge on any atom is 0.202 e. The van der Waals surface area contributed by atoms with Crippen LogP contribution in [0.2, 0.25) is 0 Å².